The fourth-order valence-electron chi connectivity index (χ4n) is 1.99. The van der Waals surface area contributed by atoms with Crippen LogP contribution >= 0.6 is 11.8 Å². The number of amides is 1. The highest BCUT2D eigenvalue weighted by molar-refractivity contribution is 7.99. The number of phenols is 1. The van der Waals surface area contributed by atoms with Gasteiger partial charge in [-0.3, -0.25) is 4.79 Å². The third-order valence-electron chi connectivity index (χ3n) is 3.03. The average Bonchev–Trinajstić information content (AvgIpc) is 2.41. The summed E-state index contributed by atoms with van der Waals surface area (Å²) in [4.78, 5) is 14.0. The standard InChI is InChI=1S/C13H18N2O2S/c14-12(9-10-1-3-11(16)4-2-10)13(17)15-5-7-18-8-6-15/h1-4,12,16H,5-9,14H2/t12-/m1/s1. The van der Waals surface area contributed by atoms with Gasteiger partial charge in [0.2, 0.25) is 5.91 Å². The molecule has 2 rings (SSSR count). The molecule has 0 aromatic heterocycles. The van der Waals surface area contributed by atoms with E-state index in [1.54, 1.807) is 24.3 Å². The predicted octanol–water partition coefficient (Wildman–Crippen LogP) is 0.837. The highest BCUT2D eigenvalue weighted by atomic mass is 32.2. The topological polar surface area (TPSA) is 66.6 Å². The fraction of sp³-hybridized carbons (Fsp3) is 0.462. The van der Waals surface area contributed by atoms with E-state index in [1.165, 1.54) is 0 Å². The molecule has 4 nitrogen and oxygen atoms in total. The molecule has 0 spiro atoms. The van der Waals surface area contributed by atoms with Gasteiger partial charge in [0.25, 0.3) is 0 Å². The molecule has 1 aromatic rings. The highest BCUT2D eigenvalue weighted by Crippen LogP contribution is 2.13. The zero-order chi connectivity index (χ0) is 13.0. The Morgan fingerprint density at radius 3 is 2.56 bits per heavy atom. The Balaban J connectivity index is 1.92. The van der Waals surface area contributed by atoms with Crippen LogP contribution in [0.1, 0.15) is 5.56 Å². The first kappa shape index (κ1) is 13.2. The molecule has 98 valence electrons. The van der Waals surface area contributed by atoms with Crippen LogP contribution in [0.5, 0.6) is 5.75 Å². The maximum absolute atomic E-state index is 12.1. The van der Waals surface area contributed by atoms with Crippen molar-refractivity contribution in [1.29, 1.82) is 0 Å². The minimum Gasteiger partial charge on any atom is -0.508 e. The molecule has 0 unspecified atom stereocenters. The van der Waals surface area contributed by atoms with Gasteiger partial charge in [-0.05, 0) is 24.1 Å². The predicted molar refractivity (Wildman–Crippen MR) is 73.7 cm³/mol. The Morgan fingerprint density at radius 2 is 1.94 bits per heavy atom. The summed E-state index contributed by atoms with van der Waals surface area (Å²) in [5.41, 5.74) is 6.93. The number of carbonyl (C=O) groups is 1. The second-order valence-corrected chi connectivity index (χ2v) is 5.64. The Bertz CT molecular complexity index is 402. The molecule has 1 amide bonds. The minimum absolute atomic E-state index is 0.0309. The largest absolute Gasteiger partial charge is 0.508 e. The van der Waals surface area contributed by atoms with Crippen LogP contribution in [0.4, 0.5) is 0 Å². The van der Waals surface area contributed by atoms with Crippen LogP contribution in [-0.4, -0.2) is 46.6 Å². The third kappa shape index (κ3) is 3.40. The zero-order valence-corrected chi connectivity index (χ0v) is 11.0. The van der Waals surface area contributed by atoms with Crippen LogP contribution in [0, 0.1) is 0 Å². The number of nitrogens with two attached hydrogens (primary N) is 1. The number of rotatable bonds is 3. The van der Waals surface area contributed by atoms with Crippen LogP contribution in [-0.2, 0) is 11.2 Å². The third-order valence-corrected chi connectivity index (χ3v) is 3.97. The van der Waals surface area contributed by atoms with Gasteiger partial charge in [0.05, 0.1) is 6.04 Å². The molecule has 0 radical (unpaired) electrons. The van der Waals surface area contributed by atoms with Gasteiger partial charge in [-0.25, -0.2) is 0 Å². The van der Waals surface area contributed by atoms with E-state index in [1.807, 2.05) is 16.7 Å². The second kappa shape index (κ2) is 6.11. The molecule has 0 aliphatic carbocycles. The molecule has 1 aromatic carbocycles. The molecule has 0 saturated carbocycles. The summed E-state index contributed by atoms with van der Waals surface area (Å²) in [5.74, 6) is 2.25. The molecule has 1 atom stereocenters. The lowest BCUT2D eigenvalue weighted by molar-refractivity contribution is -0.132. The molecule has 5 heteroatoms. The minimum atomic E-state index is -0.488. The first-order valence-corrected chi connectivity index (χ1v) is 7.22. The van der Waals surface area contributed by atoms with Crippen molar-refractivity contribution >= 4 is 17.7 Å². The van der Waals surface area contributed by atoms with Gasteiger partial charge in [0.1, 0.15) is 5.75 Å². The highest BCUT2D eigenvalue weighted by Gasteiger charge is 2.22. The van der Waals surface area contributed by atoms with Crippen molar-refractivity contribution in [1.82, 2.24) is 4.90 Å². The summed E-state index contributed by atoms with van der Waals surface area (Å²) in [6.07, 6.45) is 0.517. The number of hydrogen-bond donors (Lipinski definition) is 2. The summed E-state index contributed by atoms with van der Waals surface area (Å²) in [7, 11) is 0. The average molecular weight is 266 g/mol. The van der Waals surface area contributed by atoms with Crippen LogP contribution in [0.2, 0.25) is 0 Å². The summed E-state index contributed by atoms with van der Waals surface area (Å²) in [6.45, 7) is 1.60. The van der Waals surface area contributed by atoms with Gasteiger partial charge in [0.15, 0.2) is 0 Å². The normalized spacial score (nSPS) is 17.5. The summed E-state index contributed by atoms with van der Waals surface area (Å²) < 4.78 is 0. The molecule has 0 bridgehead atoms. The van der Waals surface area contributed by atoms with E-state index >= 15 is 0 Å². The number of benzene rings is 1. The maximum atomic E-state index is 12.1. The Labute approximate surface area is 111 Å². The molecule has 3 N–H and O–H groups in total. The lowest BCUT2D eigenvalue weighted by Crippen LogP contribution is -2.48. The van der Waals surface area contributed by atoms with E-state index in [4.69, 9.17) is 5.73 Å². The van der Waals surface area contributed by atoms with Gasteiger partial charge in [-0.2, -0.15) is 11.8 Å². The molecule has 1 saturated heterocycles. The van der Waals surface area contributed by atoms with Crippen LogP contribution in [0.15, 0.2) is 24.3 Å². The summed E-state index contributed by atoms with van der Waals surface area (Å²) >= 11 is 1.87. The first-order valence-electron chi connectivity index (χ1n) is 6.07. The number of thioether (sulfide) groups is 1. The van der Waals surface area contributed by atoms with Crippen molar-refractivity contribution in [2.24, 2.45) is 5.73 Å². The van der Waals surface area contributed by atoms with Gasteiger partial charge < -0.3 is 15.7 Å². The smallest absolute Gasteiger partial charge is 0.239 e. The van der Waals surface area contributed by atoms with Gasteiger partial charge in [0, 0.05) is 24.6 Å². The molecular formula is C13H18N2O2S. The first-order chi connectivity index (χ1) is 8.66. The van der Waals surface area contributed by atoms with E-state index in [0.717, 1.165) is 30.2 Å². The molecular weight excluding hydrogens is 248 g/mol. The van der Waals surface area contributed by atoms with Gasteiger partial charge in [-0.15, -0.1) is 0 Å². The van der Waals surface area contributed by atoms with Crippen LogP contribution < -0.4 is 5.73 Å². The van der Waals surface area contributed by atoms with E-state index in [2.05, 4.69) is 0 Å². The van der Waals surface area contributed by atoms with Crippen molar-refractivity contribution < 1.29 is 9.90 Å². The number of phenolic OH excluding ortho intramolecular Hbond substituents is 1. The second-order valence-electron chi connectivity index (χ2n) is 4.41. The van der Waals surface area contributed by atoms with E-state index in [0.29, 0.717) is 6.42 Å². The SMILES string of the molecule is N[C@H](Cc1ccc(O)cc1)C(=O)N1CCSCC1. The Morgan fingerprint density at radius 1 is 1.33 bits per heavy atom. The number of carbonyl (C=O) groups excluding carboxylic acids is 1. The molecule has 1 aliphatic heterocycles. The maximum Gasteiger partial charge on any atom is 0.239 e. The van der Waals surface area contributed by atoms with Gasteiger partial charge in [-0.1, -0.05) is 12.1 Å². The van der Waals surface area contributed by atoms with Crippen LogP contribution in [0.3, 0.4) is 0 Å². The van der Waals surface area contributed by atoms with Crippen molar-refractivity contribution in [3.63, 3.8) is 0 Å². The zero-order valence-electron chi connectivity index (χ0n) is 10.2. The van der Waals surface area contributed by atoms with Crippen molar-refractivity contribution in [2.75, 3.05) is 24.6 Å². The lowest BCUT2D eigenvalue weighted by Gasteiger charge is -2.28. The molecule has 18 heavy (non-hydrogen) atoms. The molecule has 1 aliphatic rings. The summed E-state index contributed by atoms with van der Waals surface area (Å²) in [6, 6.07) is 6.34. The number of hydrogen-bond acceptors (Lipinski definition) is 4. The quantitative estimate of drug-likeness (QED) is 0.850. The fourth-order valence-corrected chi connectivity index (χ4v) is 2.89. The Hall–Kier alpha value is -1.20. The monoisotopic (exact) mass is 266 g/mol. The van der Waals surface area contributed by atoms with E-state index < -0.39 is 6.04 Å². The Kier molecular flexibility index (Phi) is 4.49. The number of nitrogens with zero attached hydrogens (tertiary/aromatic N) is 1. The van der Waals surface area contributed by atoms with Crippen molar-refractivity contribution in [3.8, 4) is 5.75 Å². The van der Waals surface area contributed by atoms with Crippen molar-refractivity contribution in [3.05, 3.63) is 29.8 Å². The lowest BCUT2D eigenvalue weighted by atomic mass is 10.1. The molecule has 1 fully saturated rings. The number of aromatic hydroxyl groups is 1. The summed E-state index contributed by atoms with van der Waals surface area (Å²) in [5, 5.41) is 9.20. The van der Waals surface area contributed by atoms with Gasteiger partial charge >= 0.3 is 0 Å². The van der Waals surface area contributed by atoms with Crippen LogP contribution in [0.25, 0.3) is 0 Å². The van der Waals surface area contributed by atoms with E-state index in [9.17, 15) is 9.90 Å². The molecule has 1 heterocycles. The van der Waals surface area contributed by atoms with Crippen molar-refractivity contribution in [2.45, 2.75) is 12.5 Å². The van der Waals surface area contributed by atoms with E-state index in [-0.39, 0.29) is 11.7 Å².